The summed E-state index contributed by atoms with van der Waals surface area (Å²) in [4.78, 5) is 15.8. The first-order valence-electron chi connectivity index (χ1n) is 6.53. The maximum atomic E-state index is 14.1. The molecule has 4 nitrogen and oxygen atoms in total. The van der Waals surface area contributed by atoms with Crippen molar-refractivity contribution in [1.29, 1.82) is 0 Å². The molecule has 0 saturated carbocycles. The third-order valence-corrected chi connectivity index (χ3v) is 2.82. The molecule has 0 saturated heterocycles. The number of pyridine rings is 1. The number of nitrogens with zero attached hydrogens (tertiary/aromatic N) is 1. The van der Waals surface area contributed by atoms with E-state index in [2.05, 4.69) is 15.6 Å². The van der Waals surface area contributed by atoms with Gasteiger partial charge in [0.05, 0.1) is 5.56 Å². The SMILES string of the molecule is CCNc1nccc(C(=O)NCc2cccc(F)c2)c1F. The number of carbonyl (C=O) groups excluding carboxylic acids is 1. The molecule has 0 spiro atoms. The molecule has 0 radical (unpaired) electrons. The molecule has 2 N–H and O–H groups in total. The van der Waals surface area contributed by atoms with Gasteiger partial charge in [0, 0.05) is 19.3 Å². The molecular formula is C15H15F2N3O. The maximum Gasteiger partial charge on any atom is 0.254 e. The number of rotatable bonds is 5. The summed E-state index contributed by atoms with van der Waals surface area (Å²) in [6.07, 6.45) is 1.36. The number of amides is 1. The fourth-order valence-corrected chi connectivity index (χ4v) is 1.83. The normalized spacial score (nSPS) is 10.2. The molecule has 2 rings (SSSR count). The number of benzene rings is 1. The van der Waals surface area contributed by atoms with E-state index in [-0.39, 0.29) is 23.7 Å². The van der Waals surface area contributed by atoms with Crippen LogP contribution in [0.3, 0.4) is 0 Å². The van der Waals surface area contributed by atoms with E-state index in [1.807, 2.05) is 0 Å². The molecule has 1 heterocycles. The van der Waals surface area contributed by atoms with E-state index < -0.39 is 11.7 Å². The van der Waals surface area contributed by atoms with Crippen LogP contribution in [0.4, 0.5) is 14.6 Å². The average Bonchev–Trinajstić information content (AvgIpc) is 2.47. The summed E-state index contributed by atoms with van der Waals surface area (Å²) < 4.78 is 27.1. The third-order valence-electron chi connectivity index (χ3n) is 2.82. The minimum absolute atomic E-state index is 0.0379. The molecule has 1 aromatic heterocycles. The molecule has 0 fully saturated rings. The second-order valence-electron chi connectivity index (χ2n) is 4.36. The molecule has 0 aliphatic rings. The Hall–Kier alpha value is -2.50. The number of carbonyl (C=O) groups is 1. The average molecular weight is 291 g/mol. The first-order valence-corrected chi connectivity index (χ1v) is 6.53. The van der Waals surface area contributed by atoms with E-state index in [1.54, 1.807) is 19.1 Å². The van der Waals surface area contributed by atoms with Crippen LogP contribution >= 0.6 is 0 Å². The highest BCUT2D eigenvalue weighted by Gasteiger charge is 2.15. The zero-order valence-corrected chi connectivity index (χ0v) is 11.5. The lowest BCUT2D eigenvalue weighted by atomic mass is 10.2. The van der Waals surface area contributed by atoms with Gasteiger partial charge in [-0.2, -0.15) is 0 Å². The van der Waals surface area contributed by atoms with E-state index in [4.69, 9.17) is 0 Å². The fraction of sp³-hybridized carbons (Fsp3) is 0.200. The molecule has 0 unspecified atom stereocenters. The monoisotopic (exact) mass is 291 g/mol. The van der Waals surface area contributed by atoms with Crippen LogP contribution in [0, 0.1) is 11.6 Å². The summed E-state index contributed by atoms with van der Waals surface area (Å²) >= 11 is 0. The summed E-state index contributed by atoms with van der Waals surface area (Å²) in [5, 5.41) is 5.29. The van der Waals surface area contributed by atoms with Crippen molar-refractivity contribution in [2.75, 3.05) is 11.9 Å². The summed E-state index contributed by atoms with van der Waals surface area (Å²) in [7, 11) is 0. The molecule has 6 heteroatoms. The van der Waals surface area contributed by atoms with Crippen LogP contribution in [-0.4, -0.2) is 17.4 Å². The van der Waals surface area contributed by atoms with Crippen molar-refractivity contribution in [2.45, 2.75) is 13.5 Å². The third kappa shape index (κ3) is 3.75. The Morgan fingerprint density at radius 3 is 2.81 bits per heavy atom. The highest BCUT2D eigenvalue weighted by molar-refractivity contribution is 5.95. The minimum Gasteiger partial charge on any atom is -0.368 e. The van der Waals surface area contributed by atoms with Gasteiger partial charge in [0.2, 0.25) is 0 Å². The molecule has 0 aliphatic carbocycles. The van der Waals surface area contributed by atoms with Gasteiger partial charge in [0.1, 0.15) is 5.82 Å². The number of hydrogen-bond acceptors (Lipinski definition) is 3. The Labute approximate surface area is 121 Å². The van der Waals surface area contributed by atoms with Crippen molar-refractivity contribution in [3.05, 3.63) is 59.3 Å². The van der Waals surface area contributed by atoms with Gasteiger partial charge in [-0.3, -0.25) is 4.79 Å². The van der Waals surface area contributed by atoms with E-state index >= 15 is 0 Å². The van der Waals surface area contributed by atoms with Crippen LogP contribution < -0.4 is 10.6 Å². The Kier molecular flexibility index (Phi) is 4.81. The molecule has 1 amide bonds. The van der Waals surface area contributed by atoms with Gasteiger partial charge < -0.3 is 10.6 Å². The first kappa shape index (κ1) is 14.9. The van der Waals surface area contributed by atoms with Gasteiger partial charge in [-0.15, -0.1) is 0 Å². The van der Waals surface area contributed by atoms with Crippen LogP contribution in [0.5, 0.6) is 0 Å². The maximum absolute atomic E-state index is 14.1. The highest BCUT2D eigenvalue weighted by atomic mass is 19.1. The lowest BCUT2D eigenvalue weighted by Crippen LogP contribution is -2.24. The second-order valence-corrected chi connectivity index (χ2v) is 4.36. The molecule has 0 bridgehead atoms. The topological polar surface area (TPSA) is 54.0 Å². The first-order chi connectivity index (χ1) is 10.1. The zero-order chi connectivity index (χ0) is 15.2. The molecule has 110 valence electrons. The number of nitrogens with one attached hydrogen (secondary N) is 2. The minimum atomic E-state index is -0.698. The van der Waals surface area contributed by atoms with Crippen LogP contribution in [0.25, 0.3) is 0 Å². The molecule has 1 aromatic carbocycles. The highest BCUT2D eigenvalue weighted by Crippen LogP contribution is 2.15. The van der Waals surface area contributed by atoms with Crippen molar-refractivity contribution in [2.24, 2.45) is 0 Å². The second kappa shape index (κ2) is 6.78. The lowest BCUT2D eigenvalue weighted by molar-refractivity contribution is 0.0946. The molecule has 21 heavy (non-hydrogen) atoms. The summed E-state index contributed by atoms with van der Waals surface area (Å²) in [6, 6.07) is 7.16. The largest absolute Gasteiger partial charge is 0.368 e. The Morgan fingerprint density at radius 2 is 2.10 bits per heavy atom. The van der Waals surface area contributed by atoms with Crippen LogP contribution in [-0.2, 0) is 6.54 Å². The van der Waals surface area contributed by atoms with Gasteiger partial charge in [0.15, 0.2) is 11.6 Å². The molecule has 0 aliphatic heterocycles. The molecular weight excluding hydrogens is 276 g/mol. The summed E-state index contributed by atoms with van der Waals surface area (Å²) in [6.45, 7) is 2.42. The quantitative estimate of drug-likeness (QED) is 0.890. The van der Waals surface area contributed by atoms with E-state index in [9.17, 15) is 13.6 Å². The van der Waals surface area contributed by atoms with Crippen molar-refractivity contribution in [1.82, 2.24) is 10.3 Å². The number of aromatic nitrogens is 1. The van der Waals surface area contributed by atoms with E-state index in [1.165, 1.54) is 24.4 Å². The van der Waals surface area contributed by atoms with Gasteiger partial charge >= 0.3 is 0 Å². The Morgan fingerprint density at radius 1 is 1.29 bits per heavy atom. The summed E-state index contributed by atoms with van der Waals surface area (Å²) in [5.74, 6) is -1.61. The predicted octanol–water partition coefficient (Wildman–Crippen LogP) is 2.72. The van der Waals surface area contributed by atoms with E-state index in [0.29, 0.717) is 12.1 Å². The lowest BCUT2D eigenvalue weighted by Gasteiger charge is -2.09. The van der Waals surface area contributed by atoms with Gasteiger partial charge in [-0.25, -0.2) is 13.8 Å². The molecule has 2 aromatic rings. The van der Waals surface area contributed by atoms with Crippen LogP contribution in [0.2, 0.25) is 0 Å². The van der Waals surface area contributed by atoms with Crippen LogP contribution in [0.15, 0.2) is 36.5 Å². The van der Waals surface area contributed by atoms with Gasteiger partial charge in [-0.05, 0) is 30.7 Å². The predicted molar refractivity (Wildman–Crippen MR) is 75.9 cm³/mol. The number of hydrogen-bond donors (Lipinski definition) is 2. The number of anilines is 1. The van der Waals surface area contributed by atoms with Gasteiger partial charge in [-0.1, -0.05) is 12.1 Å². The Bertz CT molecular complexity index is 647. The van der Waals surface area contributed by atoms with Crippen molar-refractivity contribution >= 4 is 11.7 Å². The van der Waals surface area contributed by atoms with Gasteiger partial charge in [0.25, 0.3) is 5.91 Å². The van der Waals surface area contributed by atoms with Crippen molar-refractivity contribution in [3.63, 3.8) is 0 Å². The molecule has 0 atom stereocenters. The van der Waals surface area contributed by atoms with Crippen molar-refractivity contribution < 1.29 is 13.6 Å². The summed E-state index contributed by atoms with van der Waals surface area (Å²) in [5.41, 5.74) is 0.502. The van der Waals surface area contributed by atoms with Crippen molar-refractivity contribution in [3.8, 4) is 0 Å². The Balaban J connectivity index is 2.08. The smallest absolute Gasteiger partial charge is 0.254 e. The van der Waals surface area contributed by atoms with Crippen LogP contribution in [0.1, 0.15) is 22.8 Å². The standard InChI is InChI=1S/C15H15F2N3O/c1-2-18-14-13(17)12(6-7-19-14)15(21)20-9-10-4-3-5-11(16)8-10/h3-8H,2,9H2,1H3,(H,18,19)(H,20,21). The zero-order valence-electron chi connectivity index (χ0n) is 11.5. The van der Waals surface area contributed by atoms with E-state index in [0.717, 1.165) is 0 Å². The fourth-order valence-electron chi connectivity index (χ4n) is 1.83. The number of halogens is 2.